The second-order valence-corrected chi connectivity index (χ2v) is 21.3. The Bertz CT molecular complexity index is 5070. The molecule has 5 nitrogen and oxygen atoms in total. The number of fused-ring (bicyclic) bond motifs is 18. The molecule has 0 spiro atoms. The number of hydrogen-bond donors (Lipinski definition) is 0. The minimum atomic E-state index is 0.400. The molecule has 0 aliphatic carbocycles. The number of rotatable bonds is 5. The second-order valence-electron chi connectivity index (χ2n) is 19.2. The summed E-state index contributed by atoms with van der Waals surface area (Å²) in [5.74, 6) is 0. The van der Waals surface area contributed by atoms with Crippen molar-refractivity contribution in [3.05, 3.63) is 235 Å². The maximum Gasteiger partial charge on any atom is 0.220 e. The molecule has 16 aromatic rings. The van der Waals surface area contributed by atoms with Crippen LogP contribution in [-0.4, -0.2) is 9.13 Å². The number of hydrogen-bond acceptors (Lipinski definition) is 4. The van der Waals surface area contributed by atoms with Gasteiger partial charge in [-0.05, 0) is 58.7 Å². The summed E-state index contributed by atoms with van der Waals surface area (Å²) in [6, 6.07) is 79.5. The first-order valence-corrected chi connectivity index (χ1v) is 26.6. The van der Waals surface area contributed by atoms with Crippen LogP contribution in [0.15, 0.2) is 223 Å². The lowest BCUT2D eigenvalue weighted by atomic mass is 9.88. The summed E-state index contributed by atoms with van der Waals surface area (Å²) in [5, 5.41) is 23.1. The van der Waals surface area contributed by atoms with Crippen molar-refractivity contribution in [3.8, 4) is 50.8 Å². The van der Waals surface area contributed by atoms with Crippen LogP contribution in [0.1, 0.15) is 5.56 Å². The molecule has 75 heavy (non-hydrogen) atoms. The van der Waals surface area contributed by atoms with Crippen molar-refractivity contribution in [3.63, 3.8) is 0 Å². The Hall–Kier alpha value is -9.76. The number of benzene rings is 11. The zero-order valence-corrected chi connectivity index (χ0v) is 41.4. The van der Waals surface area contributed by atoms with E-state index in [1.165, 1.54) is 20.2 Å². The smallest absolute Gasteiger partial charge is 0.220 e. The van der Waals surface area contributed by atoms with E-state index in [1.54, 1.807) is 22.7 Å². The lowest BCUT2D eigenvalue weighted by Gasteiger charge is -2.26. The van der Waals surface area contributed by atoms with Crippen LogP contribution in [0.25, 0.3) is 155 Å². The van der Waals surface area contributed by atoms with Crippen molar-refractivity contribution in [2.75, 3.05) is 0 Å². The molecule has 5 aromatic heterocycles. The number of furan rings is 1. The minimum absolute atomic E-state index is 0.400. The van der Waals surface area contributed by atoms with E-state index in [2.05, 4.69) is 196 Å². The Morgan fingerprint density at radius 1 is 0.413 bits per heavy atom. The molecule has 0 radical (unpaired) electrons. The summed E-state index contributed by atoms with van der Waals surface area (Å²) in [7, 11) is 0. The summed E-state index contributed by atoms with van der Waals surface area (Å²) in [5.41, 5.74) is 12.7. The fourth-order valence-electron chi connectivity index (χ4n) is 12.2. The van der Waals surface area contributed by atoms with Gasteiger partial charge in [0.1, 0.15) is 11.7 Å². The molecule has 5 heterocycles. The number of para-hydroxylation sites is 1. The van der Waals surface area contributed by atoms with E-state index >= 15 is 0 Å². The molecular weight excluding hydrogens is 953 g/mol. The Balaban J connectivity index is 1.18. The summed E-state index contributed by atoms with van der Waals surface area (Å²) in [6.45, 7) is 9.57. The van der Waals surface area contributed by atoms with Crippen LogP contribution in [0, 0.1) is 17.9 Å². The second kappa shape index (κ2) is 15.9. The number of nitrogens with zero attached hydrogens (tertiary/aromatic N) is 4. The highest BCUT2D eigenvalue weighted by Gasteiger charge is 2.34. The van der Waals surface area contributed by atoms with Crippen LogP contribution in [0.3, 0.4) is 0 Å². The summed E-state index contributed by atoms with van der Waals surface area (Å²) in [6.07, 6.45) is 0. The van der Waals surface area contributed by atoms with Crippen LogP contribution < -0.4 is 0 Å². The van der Waals surface area contributed by atoms with Crippen molar-refractivity contribution in [1.29, 1.82) is 5.26 Å². The molecule has 0 saturated carbocycles. The highest BCUT2D eigenvalue weighted by Crippen LogP contribution is 2.55. The molecule has 11 aromatic carbocycles. The Morgan fingerprint density at radius 3 is 1.51 bits per heavy atom. The van der Waals surface area contributed by atoms with Crippen molar-refractivity contribution < 1.29 is 4.42 Å². The van der Waals surface area contributed by atoms with Crippen LogP contribution in [0.2, 0.25) is 0 Å². The molecule has 0 atom stereocenters. The van der Waals surface area contributed by atoms with E-state index in [0.29, 0.717) is 28.2 Å². The molecule has 0 fully saturated rings. The lowest BCUT2D eigenvalue weighted by Crippen LogP contribution is -2.09. The van der Waals surface area contributed by atoms with E-state index in [9.17, 15) is 11.8 Å². The van der Waals surface area contributed by atoms with Crippen molar-refractivity contribution in [1.82, 2.24) is 9.13 Å². The van der Waals surface area contributed by atoms with Gasteiger partial charge in [-0.3, -0.25) is 0 Å². The van der Waals surface area contributed by atoms with Gasteiger partial charge in [0.05, 0.1) is 55.0 Å². The average Bonchev–Trinajstić information content (AvgIpc) is 4.42. The van der Waals surface area contributed by atoms with Gasteiger partial charge in [-0.15, -0.1) is 22.7 Å². The van der Waals surface area contributed by atoms with E-state index in [4.69, 9.17) is 4.42 Å². The number of nitriles is 1. The summed E-state index contributed by atoms with van der Waals surface area (Å²) in [4.78, 5) is 4.67. The maximum atomic E-state index is 12.2. The number of aromatic nitrogens is 2. The topological polar surface area (TPSA) is 51.1 Å². The van der Waals surface area contributed by atoms with E-state index in [1.807, 2.05) is 42.5 Å². The standard InChI is InChI=1S/C68H36N4OS2/c1-70-60-58(40-19-7-3-8-20-40)53(38-69)61(71-54-26-14-11-23-43(54)47-31-34-50-44-30-29-42(39-17-5-2-6-18-39)37-55(44)73-66(50)62(47)71)59(41-21-9-4-10-22-41)65(60)72-63-48(32-35-51-45-24-12-15-27-56(45)74-67(51)63)49-33-36-52-46-25-13-16-28-57(46)75-68(52)64(49)72/h2-37H. The van der Waals surface area contributed by atoms with E-state index in [-0.39, 0.29) is 0 Å². The van der Waals surface area contributed by atoms with Gasteiger partial charge in [0, 0.05) is 74.4 Å². The first-order chi connectivity index (χ1) is 37.2. The van der Waals surface area contributed by atoms with E-state index in [0.717, 1.165) is 114 Å². The first kappa shape index (κ1) is 41.8. The van der Waals surface area contributed by atoms with E-state index < -0.39 is 0 Å². The molecule has 0 unspecified atom stereocenters. The average molecular weight is 989 g/mol. The van der Waals surface area contributed by atoms with Crippen molar-refractivity contribution in [2.45, 2.75) is 0 Å². The van der Waals surface area contributed by atoms with Crippen molar-refractivity contribution >= 4 is 134 Å². The fourth-order valence-corrected chi connectivity index (χ4v) is 14.7. The third-order valence-corrected chi connectivity index (χ3v) is 17.8. The van der Waals surface area contributed by atoms with Gasteiger partial charge in [-0.25, -0.2) is 4.85 Å². The number of thiophene rings is 2. The molecule has 0 aliphatic rings. The van der Waals surface area contributed by atoms with Crippen LogP contribution in [0.5, 0.6) is 0 Å². The van der Waals surface area contributed by atoms with Gasteiger partial charge in [-0.2, -0.15) is 5.26 Å². The van der Waals surface area contributed by atoms with Gasteiger partial charge in [0.15, 0.2) is 5.58 Å². The highest BCUT2D eigenvalue weighted by molar-refractivity contribution is 7.27. The molecule has 7 heteroatoms. The lowest BCUT2D eigenvalue weighted by molar-refractivity contribution is 0.671. The highest BCUT2D eigenvalue weighted by atomic mass is 32.1. The van der Waals surface area contributed by atoms with Gasteiger partial charge < -0.3 is 13.6 Å². The SMILES string of the molecule is [C-]#[N+]c1c(-c2ccccc2)c(C#N)c(-n2c3ccccc3c3ccc4c5ccc(-c6ccccc6)cc5oc4c32)c(-c2ccccc2)c1-n1c2c(ccc3c4ccccc4sc32)c2ccc3c4ccccc4sc3c21. The maximum absolute atomic E-state index is 12.2. The molecule has 346 valence electrons. The summed E-state index contributed by atoms with van der Waals surface area (Å²) < 4.78 is 16.6. The molecule has 16 rings (SSSR count). The zero-order valence-electron chi connectivity index (χ0n) is 39.8. The monoisotopic (exact) mass is 988 g/mol. The fraction of sp³-hybridized carbons (Fsp3) is 0. The third-order valence-electron chi connectivity index (χ3n) is 15.4. The molecule has 0 N–H and O–H groups in total. The first-order valence-electron chi connectivity index (χ1n) is 24.9. The molecule has 0 bridgehead atoms. The minimum Gasteiger partial charge on any atom is -0.454 e. The van der Waals surface area contributed by atoms with Gasteiger partial charge in [0.2, 0.25) is 5.69 Å². The quantitative estimate of drug-likeness (QED) is 0.161. The summed E-state index contributed by atoms with van der Waals surface area (Å²) >= 11 is 3.59. The van der Waals surface area contributed by atoms with Crippen LogP contribution in [-0.2, 0) is 0 Å². The molecule has 0 aliphatic heterocycles. The molecule has 0 amide bonds. The van der Waals surface area contributed by atoms with Crippen LogP contribution >= 0.6 is 22.7 Å². The Labute approximate surface area is 436 Å². The largest absolute Gasteiger partial charge is 0.454 e. The molecule has 0 saturated heterocycles. The van der Waals surface area contributed by atoms with Gasteiger partial charge >= 0.3 is 0 Å². The third kappa shape index (κ3) is 5.79. The van der Waals surface area contributed by atoms with Crippen molar-refractivity contribution in [2.24, 2.45) is 0 Å². The Morgan fingerprint density at radius 2 is 0.907 bits per heavy atom. The Kier molecular flexibility index (Phi) is 8.85. The van der Waals surface area contributed by atoms with Gasteiger partial charge in [0.25, 0.3) is 0 Å². The predicted molar refractivity (Wildman–Crippen MR) is 315 cm³/mol. The molecular formula is C68H36N4OS2. The normalized spacial score (nSPS) is 12.0. The predicted octanol–water partition coefficient (Wildman–Crippen LogP) is 19.9. The van der Waals surface area contributed by atoms with Gasteiger partial charge in [-0.1, -0.05) is 182 Å². The zero-order chi connectivity index (χ0) is 49.5. The van der Waals surface area contributed by atoms with Crippen LogP contribution in [0.4, 0.5) is 5.69 Å².